The summed E-state index contributed by atoms with van der Waals surface area (Å²) in [5.41, 5.74) is 9.28. The number of hydrogen-bond donors (Lipinski definition) is 2. The Hall–Kier alpha value is -2.50. The van der Waals surface area contributed by atoms with E-state index in [9.17, 15) is 0 Å². The molecule has 0 aliphatic rings. The monoisotopic (exact) mass is 388 g/mol. The van der Waals surface area contributed by atoms with Gasteiger partial charge in [-0.2, -0.15) is 4.98 Å². The second-order valence-electron chi connectivity index (χ2n) is 5.86. The molecule has 1 heterocycles. The molecule has 3 rings (SSSR count). The number of anilines is 2. The summed E-state index contributed by atoms with van der Waals surface area (Å²) < 4.78 is 5.84. The molecule has 0 aliphatic heterocycles. The van der Waals surface area contributed by atoms with E-state index in [2.05, 4.69) is 15.3 Å². The van der Waals surface area contributed by atoms with Gasteiger partial charge < -0.3 is 15.8 Å². The molecule has 0 aliphatic carbocycles. The van der Waals surface area contributed by atoms with E-state index in [1.165, 1.54) is 6.33 Å². The largest absolute Gasteiger partial charge is 0.437 e. The molecule has 2 aromatic carbocycles. The summed E-state index contributed by atoms with van der Waals surface area (Å²) in [5.74, 6) is 1.38. The van der Waals surface area contributed by atoms with Gasteiger partial charge in [-0.05, 0) is 48.7 Å². The summed E-state index contributed by atoms with van der Waals surface area (Å²) in [6.45, 7) is 4.32. The van der Waals surface area contributed by atoms with Crippen LogP contribution in [-0.2, 0) is 6.54 Å². The van der Waals surface area contributed by atoms with Crippen molar-refractivity contribution in [1.82, 2.24) is 9.97 Å². The second kappa shape index (κ2) is 7.81. The Morgan fingerprint density at radius 2 is 1.77 bits per heavy atom. The maximum Gasteiger partial charge on any atom is 0.248 e. The van der Waals surface area contributed by atoms with E-state index in [1.807, 2.05) is 50.2 Å². The number of aryl methyl sites for hydroxylation is 2. The van der Waals surface area contributed by atoms with Crippen LogP contribution in [0.4, 0.5) is 11.5 Å². The molecule has 0 atom stereocenters. The summed E-state index contributed by atoms with van der Waals surface area (Å²) >= 11 is 12.4. The predicted octanol–water partition coefficient (Wildman–Crippen LogP) is 5.39. The maximum absolute atomic E-state index is 6.19. The number of ether oxygens (including phenoxy) is 1. The Morgan fingerprint density at radius 3 is 2.46 bits per heavy atom. The van der Waals surface area contributed by atoms with Crippen LogP contribution < -0.4 is 15.8 Å². The third-order valence-corrected chi connectivity index (χ3v) is 4.84. The molecular weight excluding hydrogens is 371 g/mol. The quantitative estimate of drug-likeness (QED) is 0.612. The molecule has 0 fully saturated rings. The Kier molecular flexibility index (Phi) is 5.49. The Morgan fingerprint density at radius 1 is 1.08 bits per heavy atom. The molecular formula is C19H18Cl2N4O. The van der Waals surface area contributed by atoms with Gasteiger partial charge >= 0.3 is 0 Å². The van der Waals surface area contributed by atoms with Crippen LogP contribution in [0.25, 0.3) is 0 Å². The highest BCUT2D eigenvalue weighted by Crippen LogP contribution is 2.32. The van der Waals surface area contributed by atoms with Crippen LogP contribution in [-0.4, -0.2) is 9.97 Å². The Balaban J connectivity index is 1.80. The highest BCUT2D eigenvalue weighted by atomic mass is 35.5. The molecule has 134 valence electrons. The molecule has 0 spiro atoms. The normalized spacial score (nSPS) is 10.6. The van der Waals surface area contributed by atoms with E-state index in [4.69, 9.17) is 33.7 Å². The third kappa shape index (κ3) is 4.00. The highest BCUT2D eigenvalue weighted by molar-refractivity contribution is 6.32. The number of halogens is 2. The molecule has 1 aromatic heterocycles. The number of nitrogens with two attached hydrogens (primary N) is 1. The van der Waals surface area contributed by atoms with E-state index in [0.717, 1.165) is 21.7 Å². The van der Waals surface area contributed by atoms with E-state index in [1.54, 1.807) is 0 Å². The van der Waals surface area contributed by atoms with Crippen LogP contribution in [0.2, 0.25) is 10.0 Å². The number of benzene rings is 2. The zero-order valence-electron chi connectivity index (χ0n) is 14.4. The number of nitrogens with zero attached hydrogens (tertiary/aromatic N) is 2. The van der Waals surface area contributed by atoms with Crippen molar-refractivity contribution in [2.75, 3.05) is 11.1 Å². The smallest absolute Gasteiger partial charge is 0.248 e. The molecule has 0 unspecified atom stereocenters. The first-order valence-electron chi connectivity index (χ1n) is 7.98. The highest BCUT2D eigenvalue weighted by Gasteiger charge is 2.12. The topological polar surface area (TPSA) is 73.1 Å². The summed E-state index contributed by atoms with van der Waals surface area (Å²) in [6, 6.07) is 11.3. The average Bonchev–Trinajstić information content (AvgIpc) is 2.61. The summed E-state index contributed by atoms with van der Waals surface area (Å²) in [4.78, 5) is 8.31. The van der Waals surface area contributed by atoms with Crippen molar-refractivity contribution >= 4 is 34.7 Å². The second-order valence-corrected chi connectivity index (χ2v) is 6.64. The first-order chi connectivity index (χ1) is 12.5. The lowest BCUT2D eigenvalue weighted by Crippen LogP contribution is -2.07. The Bertz CT molecular complexity index is 924. The number of nitrogen functional groups attached to an aromatic ring is 1. The number of aromatic nitrogens is 2. The fourth-order valence-electron chi connectivity index (χ4n) is 2.50. The van der Waals surface area contributed by atoms with Gasteiger partial charge in [0.05, 0.1) is 0 Å². The number of nitrogens with one attached hydrogen (secondary N) is 1. The van der Waals surface area contributed by atoms with Gasteiger partial charge in [-0.1, -0.05) is 41.4 Å². The fourth-order valence-corrected chi connectivity index (χ4v) is 2.81. The minimum absolute atomic E-state index is 0.280. The van der Waals surface area contributed by atoms with Gasteiger partial charge in [0.15, 0.2) is 5.82 Å². The van der Waals surface area contributed by atoms with Crippen molar-refractivity contribution in [2.24, 2.45) is 0 Å². The number of hydrogen-bond acceptors (Lipinski definition) is 5. The molecule has 0 saturated heterocycles. The van der Waals surface area contributed by atoms with Crippen LogP contribution in [0.3, 0.4) is 0 Å². The summed E-state index contributed by atoms with van der Waals surface area (Å²) in [7, 11) is 0. The van der Waals surface area contributed by atoms with E-state index in [0.29, 0.717) is 28.8 Å². The molecule has 0 bridgehead atoms. The average molecular weight is 389 g/mol. The van der Waals surface area contributed by atoms with Crippen LogP contribution in [0.5, 0.6) is 11.6 Å². The van der Waals surface area contributed by atoms with Crippen LogP contribution in [0, 0.1) is 13.8 Å². The van der Waals surface area contributed by atoms with Gasteiger partial charge in [-0.25, -0.2) is 4.98 Å². The van der Waals surface area contributed by atoms with Crippen molar-refractivity contribution in [2.45, 2.75) is 20.4 Å². The molecule has 5 nitrogen and oxygen atoms in total. The van der Waals surface area contributed by atoms with Gasteiger partial charge in [-0.3, -0.25) is 0 Å². The van der Waals surface area contributed by atoms with Crippen LogP contribution in [0.15, 0.2) is 42.7 Å². The molecule has 0 radical (unpaired) electrons. The first-order valence-corrected chi connectivity index (χ1v) is 8.73. The molecule has 0 amide bonds. The first kappa shape index (κ1) is 18.3. The maximum atomic E-state index is 6.19. The predicted molar refractivity (Wildman–Crippen MR) is 106 cm³/mol. The summed E-state index contributed by atoms with van der Waals surface area (Å²) in [5, 5.41) is 4.56. The lowest BCUT2D eigenvalue weighted by molar-refractivity contribution is 0.464. The lowest BCUT2D eigenvalue weighted by Gasteiger charge is -2.13. The van der Waals surface area contributed by atoms with E-state index >= 15 is 0 Å². The van der Waals surface area contributed by atoms with Crippen molar-refractivity contribution in [3.63, 3.8) is 0 Å². The standard InChI is InChI=1S/C19H18Cl2N4O/c1-11-7-14(8-12(2)16(11)21)26-19-17(22)18(24-10-25-19)23-9-13-5-3-4-6-15(13)20/h3-8,10H,9,22H2,1-2H3,(H,23,24,25). The lowest BCUT2D eigenvalue weighted by atomic mass is 10.1. The number of rotatable bonds is 5. The zero-order valence-corrected chi connectivity index (χ0v) is 15.9. The van der Waals surface area contributed by atoms with Gasteiger partial charge in [0.1, 0.15) is 17.8 Å². The molecule has 0 saturated carbocycles. The van der Waals surface area contributed by atoms with E-state index in [-0.39, 0.29) is 5.88 Å². The van der Waals surface area contributed by atoms with Crippen molar-refractivity contribution < 1.29 is 4.74 Å². The van der Waals surface area contributed by atoms with Crippen molar-refractivity contribution in [3.8, 4) is 11.6 Å². The zero-order chi connectivity index (χ0) is 18.7. The van der Waals surface area contributed by atoms with Gasteiger partial charge in [0.25, 0.3) is 0 Å². The fraction of sp³-hybridized carbons (Fsp3) is 0.158. The van der Waals surface area contributed by atoms with Crippen LogP contribution in [0.1, 0.15) is 16.7 Å². The molecule has 26 heavy (non-hydrogen) atoms. The molecule has 3 N–H and O–H groups in total. The molecule has 7 heteroatoms. The van der Waals surface area contributed by atoms with Gasteiger partial charge in [0, 0.05) is 16.6 Å². The Labute approximate surface area is 162 Å². The SMILES string of the molecule is Cc1cc(Oc2ncnc(NCc3ccccc3Cl)c2N)cc(C)c1Cl. The van der Waals surface area contributed by atoms with Gasteiger partial charge in [0.2, 0.25) is 5.88 Å². The van der Waals surface area contributed by atoms with Crippen molar-refractivity contribution in [3.05, 3.63) is 69.5 Å². The third-order valence-electron chi connectivity index (χ3n) is 3.88. The van der Waals surface area contributed by atoms with Crippen molar-refractivity contribution in [1.29, 1.82) is 0 Å². The molecule has 3 aromatic rings. The minimum Gasteiger partial charge on any atom is -0.437 e. The van der Waals surface area contributed by atoms with Gasteiger partial charge in [-0.15, -0.1) is 0 Å². The minimum atomic E-state index is 0.280. The van der Waals surface area contributed by atoms with E-state index < -0.39 is 0 Å². The van der Waals surface area contributed by atoms with Crippen LogP contribution >= 0.6 is 23.2 Å². The summed E-state index contributed by atoms with van der Waals surface area (Å²) in [6.07, 6.45) is 1.40.